The van der Waals surface area contributed by atoms with Crippen molar-refractivity contribution in [3.8, 4) is 17.2 Å². The molecule has 21 heavy (non-hydrogen) atoms. The summed E-state index contributed by atoms with van der Waals surface area (Å²) in [7, 11) is 1.37. The van der Waals surface area contributed by atoms with E-state index in [9.17, 15) is 10.1 Å². The second-order valence-electron chi connectivity index (χ2n) is 5.08. The van der Waals surface area contributed by atoms with Crippen LogP contribution in [0.15, 0.2) is 22.7 Å². The highest BCUT2D eigenvalue weighted by Gasteiger charge is 2.39. The number of hydrogen-bond acceptors (Lipinski definition) is 7. The Labute approximate surface area is 120 Å². The lowest BCUT2D eigenvalue weighted by atomic mass is 9.77. The van der Waals surface area contributed by atoms with Gasteiger partial charge in [-0.2, -0.15) is 4.98 Å². The number of nitro benzene ring substituents is 1. The molecule has 0 bridgehead atoms. The van der Waals surface area contributed by atoms with Crippen molar-refractivity contribution >= 4 is 5.69 Å². The van der Waals surface area contributed by atoms with E-state index < -0.39 is 10.5 Å². The molecule has 0 saturated heterocycles. The number of ether oxygens (including phenoxy) is 1. The molecule has 8 nitrogen and oxygen atoms in total. The first-order valence-corrected chi connectivity index (χ1v) is 6.49. The standard InChI is InChI=1S/C13H14N4O4/c1-20-10-7-8(3-4-9(10)17(18)19)11-15-12(16-21-11)13(14)5-2-6-13/h3-4,7H,2,5-6,14H2,1H3. The van der Waals surface area contributed by atoms with Gasteiger partial charge in [0.1, 0.15) is 0 Å². The maximum Gasteiger partial charge on any atom is 0.310 e. The third-order valence-electron chi connectivity index (χ3n) is 3.74. The molecule has 8 heteroatoms. The number of nitrogens with two attached hydrogens (primary N) is 1. The molecule has 1 aliphatic carbocycles. The van der Waals surface area contributed by atoms with Gasteiger partial charge in [0.15, 0.2) is 11.6 Å². The van der Waals surface area contributed by atoms with Crippen LogP contribution < -0.4 is 10.5 Å². The van der Waals surface area contributed by atoms with Crippen molar-refractivity contribution in [3.63, 3.8) is 0 Å². The van der Waals surface area contributed by atoms with Gasteiger partial charge in [-0.15, -0.1) is 0 Å². The van der Waals surface area contributed by atoms with Gasteiger partial charge in [0.05, 0.1) is 17.6 Å². The zero-order valence-electron chi connectivity index (χ0n) is 11.4. The second-order valence-corrected chi connectivity index (χ2v) is 5.08. The van der Waals surface area contributed by atoms with E-state index in [1.54, 1.807) is 6.07 Å². The minimum Gasteiger partial charge on any atom is -0.490 e. The van der Waals surface area contributed by atoms with E-state index in [1.807, 2.05) is 0 Å². The summed E-state index contributed by atoms with van der Waals surface area (Å²) in [5.74, 6) is 0.888. The molecule has 0 aliphatic heterocycles. The minimum atomic E-state index is -0.509. The van der Waals surface area contributed by atoms with E-state index in [-0.39, 0.29) is 17.3 Å². The van der Waals surface area contributed by atoms with Gasteiger partial charge in [-0.3, -0.25) is 10.1 Å². The van der Waals surface area contributed by atoms with Gasteiger partial charge >= 0.3 is 5.69 Å². The molecule has 1 saturated carbocycles. The zero-order valence-corrected chi connectivity index (χ0v) is 11.4. The average Bonchev–Trinajstić information content (AvgIpc) is 2.94. The van der Waals surface area contributed by atoms with Crippen molar-refractivity contribution in [2.45, 2.75) is 24.8 Å². The fraction of sp³-hybridized carbons (Fsp3) is 0.385. The van der Waals surface area contributed by atoms with Crippen LogP contribution >= 0.6 is 0 Å². The highest BCUT2D eigenvalue weighted by Crippen LogP contribution is 2.38. The highest BCUT2D eigenvalue weighted by atomic mass is 16.6. The maximum atomic E-state index is 10.9. The van der Waals surface area contributed by atoms with E-state index in [1.165, 1.54) is 19.2 Å². The fourth-order valence-electron chi connectivity index (χ4n) is 2.29. The molecule has 110 valence electrons. The molecular formula is C13H14N4O4. The third-order valence-corrected chi connectivity index (χ3v) is 3.74. The lowest BCUT2D eigenvalue weighted by Crippen LogP contribution is -2.44. The van der Waals surface area contributed by atoms with Crippen LogP contribution in [0.2, 0.25) is 0 Å². The quantitative estimate of drug-likeness (QED) is 0.675. The molecule has 0 amide bonds. The number of hydrogen-bond donors (Lipinski definition) is 1. The predicted molar refractivity (Wildman–Crippen MR) is 72.7 cm³/mol. The Morgan fingerprint density at radius 3 is 2.81 bits per heavy atom. The molecule has 3 rings (SSSR count). The van der Waals surface area contributed by atoms with Crippen LogP contribution in [0.4, 0.5) is 5.69 Å². The van der Waals surface area contributed by atoms with Crippen molar-refractivity contribution in [2.24, 2.45) is 5.73 Å². The smallest absolute Gasteiger partial charge is 0.310 e. The lowest BCUT2D eigenvalue weighted by Gasteiger charge is -2.34. The zero-order chi connectivity index (χ0) is 15.0. The predicted octanol–water partition coefficient (Wildman–Crippen LogP) is 1.99. The molecule has 0 unspecified atom stereocenters. The number of rotatable bonds is 4. The third kappa shape index (κ3) is 2.23. The van der Waals surface area contributed by atoms with E-state index in [4.69, 9.17) is 15.0 Å². The Morgan fingerprint density at radius 1 is 1.48 bits per heavy atom. The molecule has 0 spiro atoms. The van der Waals surface area contributed by atoms with Gasteiger partial charge in [0.25, 0.3) is 5.89 Å². The van der Waals surface area contributed by atoms with E-state index in [0.717, 1.165) is 19.3 Å². The molecule has 1 heterocycles. The summed E-state index contributed by atoms with van der Waals surface area (Å²) in [6.45, 7) is 0. The first-order valence-electron chi connectivity index (χ1n) is 6.49. The lowest BCUT2D eigenvalue weighted by molar-refractivity contribution is -0.385. The van der Waals surface area contributed by atoms with E-state index >= 15 is 0 Å². The number of methoxy groups -OCH3 is 1. The Kier molecular flexibility index (Phi) is 3.09. The molecular weight excluding hydrogens is 276 g/mol. The molecule has 2 aromatic rings. The molecule has 1 aromatic heterocycles. The van der Waals surface area contributed by atoms with Crippen molar-refractivity contribution in [3.05, 3.63) is 34.1 Å². The summed E-state index contributed by atoms with van der Waals surface area (Å²) in [6.07, 6.45) is 2.71. The molecule has 1 aromatic carbocycles. The molecule has 1 aliphatic rings. The Bertz CT molecular complexity index is 693. The van der Waals surface area contributed by atoms with Gasteiger partial charge < -0.3 is 15.0 Å². The first kappa shape index (κ1) is 13.5. The Balaban J connectivity index is 1.95. The van der Waals surface area contributed by atoms with Crippen molar-refractivity contribution in [1.82, 2.24) is 10.1 Å². The SMILES string of the molecule is COc1cc(-c2nc(C3(N)CCC3)no2)ccc1[N+](=O)[O-]. The van der Waals surface area contributed by atoms with Crippen LogP contribution in [0, 0.1) is 10.1 Å². The number of nitro groups is 1. The highest BCUT2D eigenvalue weighted by molar-refractivity contribution is 5.62. The Hall–Kier alpha value is -2.48. The second kappa shape index (κ2) is 4.81. The monoisotopic (exact) mass is 290 g/mol. The summed E-state index contributed by atoms with van der Waals surface area (Å²) in [5.41, 5.74) is 6.07. The van der Waals surface area contributed by atoms with Gasteiger partial charge in [-0.1, -0.05) is 5.16 Å². The summed E-state index contributed by atoms with van der Waals surface area (Å²) in [5, 5.41) is 14.8. The van der Waals surface area contributed by atoms with E-state index in [0.29, 0.717) is 11.4 Å². The Morgan fingerprint density at radius 2 is 2.24 bits per heavy atom. The minimum absolute atomic E-state index is 0.115. The van der Waals surface area contributed by atoms with Crippen molar-refractivity contribution in [2.75, 3.05) is 7.11 Å². The average molecular weight is 290 g/mol. The van der Waals surface area contributed by atoms with Crippen molar-refractivity contribution in [1.29, 1.82) is 0 Å². The summed E-state index contributed by atoms with van der Waals surface area (Å²) >= 11 is 0. The van der Waals surface area contributed by atoms with Crippen LogP contribution in [0.5, 0.6) is 5.75 Å². The maximum absolute atomic E-state index is 10.9. The van der Waals surface area contributed by atoms with Gasteiger partial charge in [0, 0.05) is 17.7 Å². The van der Waals surface area contributed by atoms with Gasteiger partial charge in [-0.25, -0.2) is 0 Å². The number of benzene rings is 1. The van der Waals surface area contributed by atoms with Crippen LogP contribution in [0.25, 0.3) is 11.5 Å². The van der Waals surface area contributed by atoms with Gasteiger partial charge in [0.2, 0.25) is 0 Å². The number of aromatic nitrogens is 2. The topological polar surface area (TPSA) is 117 Å². The molecule has 1 fully saturated rings. The first-order chi connectivity index (χ1) is 10.0. The normalized spacial score (nSPS) is 16.3. The molecule has 0 atom stereocenters. The van der Waals surface area contributed by atoms with Crippen LogP contribution in [0.3, 0.4) is 0 Å². The molecule has 2 N–H and O–H groups in total. The fourth-order valence-corrected chi connectivity index (χ4v) is 2.29. The largest absolute Gasteiger partial charge is 0.490 e. The van der Waals surface area contributed by atoms with Crippen LogP contribution in [-0.2, 0) is 5.54 Å². The number of nitrogens with zero attached hydrogens (tertiary/aromatic N) is 3. The molecule has 0 radical (unpaired) electrons. The van der Waals surface area contributed by atoms with Gasteiger partial charge in [-0.05, 0) is 25.3 Å². The van der Waals surface area contributed by atoms with Crippen LogP contribution in [-0.4, -0.2) is 22.2 Å². The summed E-state index contributed by atoms with van der Waals surface area (Å²) < 4.78 is 10.2. The van der Waals surface area contributed by atoms with E-state index in [2.05, 4.69) is 10.1 Å². The summed E-state index contributed by atoms with van der Waals surface area (Å²) in [4.78, 5) is 14.7. The van der Waals surface area contributed by atoms with Crippen LogP contribution in [0.1, 0.15) is 25.1 Å². The summed E-state index contributed by atoms with van der Waals surface area (Å²) in [6, 6.07) is 4.39. The van der Waals surface area contributed by atoms with Crippen molar-refractivity contribution < 1.29 is 14.2 Å².